The fourth-order valence-electron chi connectivity index (χ4n) is 1.64. The number of anilines is 2. The summed E-state index contributed by atoms with van der Waals surface area (Å²) in [6.45, 7) is 0. The summed E-state index contributed by atoms with van der Waals surface area (Å²) in [5.41, 5.74) is 6.46. The van der Waals surface area contributed by atoms with Crippen LogP contribution in [0.4, 0.5) is 11.6 Å². The number of hydrogen-bond acceptors (Lipinski definition) is 6. The van der Waals surface area contributed by atoms with Gasteiger partial charge in [0.1, 0.15) is 0 Å². The third-order valence-electron chi connectivity index (χ3n) is 2.58. The van der Waals surface area contributed by atoms with Crippen LogP contribution in [-0.4, -0.2) is 23.0 Å². The Morgan fingerprint density at radius 1 is 1.26 bits per heavy atom. The molecule has 1 aromatic carbocycles. The molecule has 1 heterocycles. The number of nitrogens with two attached hydrogens (primary N) is 1. The minimum absolute atomic E-state index is 0.229. The minimum atomic E-state index is -0.676. The Labute approximate surface area is 110 Å². The smallest absolute Gasteiger partial charge is 0.333 e. The Morgan fingerprint density at radius 2 is 1.95 bits per heavy atom. The maximum atomic E-state index is 11.9. The van der Waals surface area contributed by atoms with Crippen LogP contribution < -0.4 is 11.1 Å². The van der Waals surface area contributed by atoms with Gasteiger partial charge in [0.05, 0.1) is 7.11 Å². The van der Waals surface area contributed by atoms with Gasteiger partial charge in [-0.1, -0.05) is 30.3 Å². The van der Waals surface area contributed by atoms with Crippen LogP contribution in [-0.2, 0) is 9.53 Å². The van der Waals surface area contributed by atoms with Crippen molar-refractivity contribution in [2.45, 2.75) is 6.04 Å². The lowest BCUT2D eigenvalue weighted by Gasteiger charge is -2.17. The molecule has 0 saturated carbocycles. The molecule has 0 amide bonds. The Hall–Kier alpha value is -2.63. The SMILES string of the molecule is COC(=O)C(Nc1nccnc1N)c1ccccc1. The monoisotopic (exact) mass is 258 g/mol. The molecule has 1 atom stereocenters. The van der Waals surface area contributed by atoms with E-state index in [0.717, 1.165) is 5.56 Å². The maximum absolute atomic E-state index is 11.9. The Morgan fingerprint density at radius 3 is 2.58 bits per heavy atom. The molecule has 0 aliphatic rings. The topological polar surface area (TPSA) is 90.1 Å². The first-order valence-electron chi connectivity index (χ1n) is 5.68. The molecule has 0 aliphatic carbocycles. The Kier molecular flexibility index (Phi) is 3.92. The molecule has 0 bridgehead atoms. The largest absolute Gasteiger partial charge is 0.467 e. The van der Waals surface area contributed by atoms with E-state index in [4.69, 9.17) is 10.5 Å². The highest BCUT2D eigenvalue weighted by molar-refractivity contribution is 5.81. The second-order valence-corrected chi connectivity index (χ2v) is 3.80. The van der Waals surface area contributed by atoms with Gasteiger partial charge in [0, 0.05) is 12.4 Å². The lowest BCUT2D eigenvalue weighted by Crippen LogP contribution is -2.23. The van der Waals surface area contributed by atoms with E-state index in [1.807, 2.05) is 30.3 Å². The molecule has 1 aromatic heterocycles. The van der Waals surface area contributed by atoms with Crippen molar-refractivity contribution in [3.63, 3.8) is 0 Å². The van der Waals surface area contributed by atoms with Crippen LogP contribution >= 0.6 is 0 Å². The van der Waals surface area contributed by atoms with Gasteiger partial charge in [0.25, 0.3) is 0 Å². The maximum Gasteiger partial charge on any atom is 0.333 e. The molecule has 0 saturated heterocycles. The second-order valence-electron chi connectivity index (χ2n) is 3.80. The molecule has 2 aromatic rings. The van der Waals surface area contributed by atoms with Gasteiger partial charge in [-0.05, 0) is 5.56 Å². The Bertz CT molecular complexity index is 560. The number of nitrogens with one attached hydrogen (secondary N) is 1. The molecule has 6 heteroatoms. The number of ether oxygens (including phenoxy) is 1. The summed E-state index contributed by atoms with van der Waals surface area (Å²) in [6.07, 6.45) is 2.98. The standard InChI is InChI=1S/C13H14N4O2/c1-19-13(18)10(9-5-3-2-4-6-9)17-12-11(14)15-7-8-16-12/h2-8,10H,1H3,(H2,14,15)(H,16,17). The van der Waals surface area contributed by atoms with E-state index >= 15 is 0 Å². The number of benzene rings is 1. The van der Waals surface area contributed by atoms with Crippen LogP contribution in [0.2, 0.25) is 0 Å². The average molecular weight is 258 g/mol. The summed E-state index contributed by atoms with van der Waals surface area (Å²) < 4.78 is 4.79. The first-order chi connectivity index (χ1) is 9.22. The van der Waals surface area contributed by atoms with E-state index in [9.17, 15) is 4.79 Å². The molecule has 6 nitrogen and oxygen atoms in total. The molecule has 1 unspecified atom stereocenters. The van der Waals surface area contributed by atoms with Crippen molar-refractivity contribution in [1.29, 1.82) is 0 Å². The molecule has 19 heavy (non-hydrogen) atoms. The summed E-state index contributed by atoms with van der Waals surface area (Å²) in [4.78, 5) is 19.8. The lowest BCUT2D eigenvalue weighted by molar-refractivity contribution is -0.141. The molecule has 0 fully saturated rings. The van der Waals surface area contributed by atoms with Crippen LogP contribution in [0.15, 0.2) is 42.7 Å². The molecular formula is C13H14N4O2. The van der Waals surface area contributed by atoms with Gasteiger partial charge < -0.3 is 15.8 Å². The number of carbonyl (C=O) groups is 1. The highest BCUT2D eigenvalue weighted by Gasteiger charge is 2.22. The number of nitrogens with zero attached hydrogens (tertiary/aromatic N) is 2. The third kappa shape index (κ3) is 2.98. The fraction of sp³-hybridized carbons (Fsp3) is 0.154. The highest BCUT2D eigenvalue weighted by atomic mass is 16.5. The third-order valence-corrected chi connectivity index (χ3v) is 2.58. The number of carbonyl (C=O) groups excluding carboxylic acids is 1. The predicted octanol–water partition coefficient (Wildman–Crippen LogP) is 1.38. The predicted molar refractivity (Wildman–Crippen MR) is 71.3 cm³/mol. The number of hydrogen-bond donors (Lipinski definition) is 2. The van der Waals surface area contributed by atoms with Gasteiger partial charge >= 0.3 is 5.97 Å². The van der Waals surface area contributed by atoms with Crippen LogP contribution in [0.1, 0.15) is 11.6 Å². The normalized spacial score (nSPS) is 11.6. The van der Waals surface area contributed by atoms with Gasteiger partial charge in [0.2, 0.25) is 0 Å². The van der Waals surface area contributed by atoms with E-state index in [-0.39, 0.29) is 5.82 Å². The number of aromatic nitrogens is 2. The van der Waals surface area contributed by atoms with E-state index < -0.39 is 12.0 Å². The summed E-state index contributed by atoms with van der Waals surface area (Å²) >= 11 is 0. The van der Waals surface area contributed by atoms with Crippen LogP contribution in [0.25, 0.3) is 0 Å². The van der Waals surface area contributed by atoms with Crippen LogP contribution in [0, 0.1) is 0 Å². The van der Waals surface area contributed by atoms with Gasteiger partial charge in [-0.3, -0.25) is 0 Å². The second kappa shape index (κ2) is 5.81. The van der Waals surface area contributed by atoms with Crippen molar-refractivity contribution in [1.82, 2.24) is 9.97 Å². The van der Waals surface area contributed by atoms with Gasteiger partial charge in [-0.2, -0.15) is 0 Å². The van der Waals surface area contributed by atoms with Crippen molar-refractivity contribution in [3.05, 3.63) is 48.3 Å². The first kappa shape index (κ1) is 12.8. The van der Waals surface area contributed by atoms with Crippen molar-refractivity contribution in [2.24, 2.45) is 0 Å². The zero-order valence-electron chi connectivity index (χ0n) is 10.4. The number of esters is 1. The molecule has 0 radical (unpaired) electrons. The molecular weight excluding hydrogens is 244 g/mol. The number of nitrogen functional groups attached to an aromatic ring is 1. The van der Waals surface area contributed by atoms with Crippen molar-refractivity contribution >= 4 is 17.6 Å². The zero-order valence-corrected chi connectivity index (χ0v) is 10.4. The molecule has 0 aliphatic heterocycles. The summed E-state index contributed by atoms with van der Waals surface area (Å²) in [5, 5.41) is 2.94. The lowest BCUT2D eigenvalue weighted by atomic mass is 10.1. The summed E-state index contributed by atoms with van der Waals surface area (Å²) in [7, 11) is 1.33. The Balaban J connectivity index is 2.30. The van der Waals surface area contributed by atoms with Crippen LogP contribution in [0.3, 0.4) is 0 Å². The van der Waals surface area contributed by atoms with Gasteiger partial charge in [0.15, 0.2) is 17.7 Å². The minimum Gasteiger partial charge on any atom is -0.467 e. The summed E-state index contributed by atoms with van der Waals surface area (Å²) in [5.74, 6) is 0.158. The average Bonchev–Trinajstić information content (AvgIpc) is 2.46. The fourth-order valence-corrected chi connectivity index (χ4v) is 1.64. The van der Waals surface area contributed by atoms with Crippen LogP contribution in [0.5, 0.6) is 0 Å². The van der Waals surface area contributed by atoms with Gasteiger partial charge in [-0.15, -0.1) is 0 Å². The molecule has 3 N–H and O–H groups in total. The molecule has 0 spiro atoms. The molecule has 2 rings (SSSR count). The van der Waals surface area contributed by atoms with Crippen molar-refractivity contribution in [3.8, 4) is 0 Å². The van der Waals surface area contributed by atoms with Crippen molar-refractivity contribution in [2.75, 3.05) is 18.2 Å². The first-order valence-corrected chi connectivity index (χ1v) is 5.68. The van der Waals surface area contributed by atoms with E-state index in [2.05, 4.69) is 15.3 Å². The number of rotatable bonds is 4. The van der Waals surface area contributed by atoms with E-state index in [1.165, 1.54) is 19.5 Å². The van der Waals surface area contributed by atoms with E-state index in [1.54, 1.807) is 0 Å². The molecule has 98 valence electrons. The van der Waals surface area contributed by atoms with Crippen molar-refractivity contribution < 1.29 is 9.53 Å². The van der Waals surface area contributed by atoms with Gasteiger partial charge in [-0.25, -0.2) is 14.8 Å². The summed E-state index contributed by atoms with van der Waals surface area (Å²) in [6, 6.07) is 8.52. The zero-order chi connectivity index (χ0) is 13.7. The quantitative estimate of drug-likeness (QED) is 0.805. The number of methoxy groups -OCH3 is 1. The highest BCUT2D eigenvalue weighted by Crippen LogP contribution is 2.21. The van der Waals surface area contributed by atoms with E-state index in [0.29, 0.717) is 5.82 Å².